The molecule has 0 saturated carbocycles. The number of carbonyl (C=O) groups excluding carboxylic acids is 1. The predicted molar refractivity (Wildman–Crippen MR) is 289 cm³/mol. The van der Waals surface area contributed by atoms with Crippen molar-refractivity contribution in [3.63, 3.8) is 0 Å². The van der Waals surface area contributed by atoms with E-state index in [2.05, 4.69) is 65.5 Å². The maximum Gasteiger partial charge on any atom is 0.293 e. The minimum Gasteiger partial charge on any atom is -0.471 e. The molecule has 0 spiro atoms. The molecule has 2 aromatic heterocycles. The number of sulfonamides is 1. The Bertz CT molecular complexity index is 2990. The van der Waals surface area contributed by atoms with Gasteiger partial charge in [-0.3, -0.25) is 19.8 Å². The van der Waals surface area contributed by atoms with Gasteiger partial charge in [-0.15, -0.1) is 0 Å². The lowest BCUT2D eigenvalue weighted by Crippen LogP contribution is -2.47. The molecule has 0 radical (unpaired) electrons. The van der Waals surface area contributed by atoms with Gasteiger partial charge in [-0.25, -0.2) is 13.1 Å². The van der Waals surface area contributed by atoms with Gasteiger partial charge < -0.3 is 38.6 Å². The summed E-state index contributed by atoms with van der Waals surface area (Å²) in [6.45, 7) is 20.4. The Morgan fingerprint density at radius 3 is 2.47 bits per heavy atom. The zero-order valence-corrected chi connectivity index (χ0v) is 45.2. The van der Waals surface area contributed by atoms with E-state index in [1.165, 1.54) is 23.3 Å². The molecular formula is C53H67ClN8O9SSi. The lowest BCUT2D eigenvalue weighted by molar-refractivity contribution is -0.384. The maximum absolute atomic E-state index is 14.6. The van der Waals surface area contributed by atoms with Gasteiger partial charge in [0.2, 0.25) is 5.88 Å². The number of carbonyl (C=O) groups is 1. The molecule has 2 fully saturated rings. The van der Waals surface area contributed by atoms with Crippen LogP contribution in [0, 0.1) is 16.0 Å². The normalized spacial score (nSPS) is 18.9. The van der Waals surface area contributed by atoms with Crippen molar-refractivity contribution in [3.05, 3.63) is 111 Å². The van der Waals surface area contributed by atoms with E-state index in [1.807, 2.05) is 59.0 Å². The number of amides is 1. The molecule has 2 N–H and O–H groups in total. The number of nitrogens with one attached hydrogen (secondary N) is 2. The van der Waals surface area contributed by atoms with Gasteiger partial charge in [0.25, 0.3) is 21.6 Å². The number of nitro benzene ring substituents is 1. The van der Waals surface area contributed by atoms with E-state index in [0.29, 0.717) is 87.3 Å². The first-order chi connectivity index (χ1) is 34.8. The first-order valence-electron chi connectivity index (χ1n) is 25.2. The molecule has 390 valence electrons. The van der Waals surface area contributed by atoms with Crippen LogP contribution in [0.3, 0.4) is 0 Å². The van der Waals surface area contributed by atoms with Crippen molar-refractivity contribution < 1.29 is 37.1 Å². The number of anilines is 4. The molecule has 4 aliphatic rings. The van der Waals surface area contributed by atoms with Crippen molar-refractivity contribution in [1.29, 1.82) is 0 Å². The van der Waals surface area contributed by atoms with Crippen molar-refractivity contribution in [3.8, 4) is 5.88 Å². The molecule has 3 aromatic carbocycles. The number of nitrogens with zero attached hydrogens (tertiary/aromatic N) is 6. The molecule has 0 bridgehead atoms. The zero-order valence-electron chi connectivity index (χ0n) is 42.6. The molecule has 0 unspecified atom stereocenters. The summed E-state index contributed by atoms with van der Waals surface area (Å²) < 4.78 is 56.7. The summed E-state index contributed by atoms with van der Waals surface area (Å²) in [4.78, 5) is 37.6. The third-order valence-electron chi connectivity index (χ3n) is 14.1. The topological polar surface area (TPSA) is 183 Å². The van der Waals surface area contributed by atoms with Crippen LogP contribution in [0.25, 0.3) is 16.6 Å². The molecule has 17 nitrogen and oxygen atoms in total. The summed E-state index contributed by atoms with van der Waals surface area (Å²) in [5.41, 5.74) is 5.90. The Morgan fingerprint density at radius 2 is 1.74 bits per heavy atom. The van der Waals surface area contributed by atoms with Crippen LogP contribution < -0.4 is 24.6 Å². The number of piperazine rings is 1. The van der Waals surface area contributed by atoms with E-state index >= 15 is 0 Å². The van der Waals surface area contributed by atoms with Gasteiger partial charge in [0.05, 0.1) is 39.8 Å². The van der Waals surface area contributed by atoms with Crippen LogP contribution in [0.1, 0.15) is 56.0 Å². The van der Waals surface area contributed by atoms with E-state index < -0.39 is 39.5 Å². The van der Waals surface area contributed by atoms with Crippen LogP contribution in [-0.2, 0) is 31.0 Å². The number of benzene rings is 3. The van der Waals surface area contributed by atoms with Crippen molar-refractivity contribution in [2.24, 2.45) is 5.92 Å². The highest BCUT2D eigenvalue weighted by atomic mass is 35.5. The molecule has 0 aliphatic carbocycles. The SMILES string of the molecule is C[C@@H]1CN(c2cc(N3CCN(CC4=C(c5ccc(Cl)cc5)CC(C)(C)OC4)CC3)ccc2C(=O)NS(=O)(=O)c2ccc(NCC3CCOCC3)c([N+](=O)[O-])c2)c2cc3ccn(COCC[Si](C)(C)C)c3nc2O1. The Labute approximate surface area is 434 Å². The molecule has 73 heavy (non-hydrogen) atoms. The highest BCUT2D eigenvalue weighted by Gasteiger charge is 2.34. The number of aromatic nitrogens is 2. The first-order valence-corrected chi connectivity index (χ1v) is 30.8. The van der Waals surface area contributed by atoms with Gasteiger partial charge in [0.1, 0.15) is 29.9 Å². The number of halogens is 1. The van der Waals surface area contributed by atoms with E-state index in [0.717, 1.165) is 67.6 Å². The minimum atomic E-state index is -4.61. The molecule has 2 saturated heterocycles. The van der Waals surface area contributed by atoms with Crippen molar-refractivity contribution in [1.82, 2.24) is 19.2 Å². The summed E-state index contributed by atoms with van der Waals surface area (Å²) in [6.07, 6.45) is 3.99. The Hall–Kier alpha value is -5.54. The number of hydrogen-bond acceptors (Lipinski definition) is 14. The van der Waals surface area contributed by atoms with Crippen LogP contribution in [0.4, 0.5) is 28.4 Å². The lowest BCUT2D eigenvalue weighted by Gasteiger charge is -2.40. The minimum absolute atomic E-state index is 0.0885. The molecule has 6 heterocycles. The van der Waals surface area contributed by atoms with Crippen LogP contribution >= 0.6 is 11.6 Å². The molecule has 9 rings (SSSR count). The van der Waals surface area contributed by atoms with E-state index in [9.17, 15) is 23.3 Å². The summed E-state index contributed by atoms with van der Waals surface area (Å²) in [6, 6.07) is 22.1. The molecule has 20 heteroatoms. The smallest absolute Gasteiger partial charge is 0.293 e. The van der Waals surface area contributed by atoms with Gasteiger partial charge >= 0.3 is 0 Å². The average Bonchev–Trinajstić information content (AvgIpc) is 3.75. The van der Waals surface area contributed by atoms with Crippen LogP contribution in [0.15, 0.2) is 89.5 Å². The standard InChI is InChI=1S/C53H67ClN8O9SSi/c1-36-32-61(49-27-39-15-18-60(50(39)56-52(49)71-36)35-69-25-26-73(4,5)6)47-28-42(59-21-19-58(20-22-59)33-40-34-70-53(2,3)30-45(40)38-7-9-41(54)10-8-38)11-13-44(47)51(63)57-72(66,67)43-12-14-46(48(29-43)62(64)65)55-31-37-16-23-68-24-17-37/h7-15,18,27-29,36-37,55H,16-17,19-26,30-35H2,1-6H3,(H,57,63)/t36-/m1/s1. The summed E-state index contributed by atoms with van der Waals surface area (Å²) in [7, 11) is -5.90. The number of ether oxygens (including phenoxy) is 4. The molecule has 4 aliphatic heterocycles. The monoisotopic (exact) mass is 1050 g/mol. The highest BCUT2D eigenvalue weighted by molar-refractivity contribution is 7.90. The fraction of sp³-hybridized carbons (Fsp3) is 0.472. The average molecular weight is 1060 g/mol. The second-order valence-electron chi connectivity index (χ2n) is 21.5. The van der Waals surface area contributed by atoms with Gasteiger partial charge in [-0.05, 0) is 117 Å². The molecule has 1 atom stereocenters. The third-order valence-corrected chi connectivity index (χ3v) is 17.4. The Kier molecular flexibility index (Phi) is 15.6. The van der Waals surface area contributed by atoms with Crippen LogP contribution in [0.5, 0.6) is 5.88 Å². The van der Waals surface area contributed by atoms with Crippen molar-refractivity contribution in [2.45, 2.75) is 89.1 Å². The molecule has 1 amide bonds. The van der Waals surface area contributed by atoms with Gasteiger partial charge in [0.15, 0.2) is 0 Å². The number of pyridine rings is 1. The lowest BCUT2D eigenvalue weighted by atomic mass is 9.87. The van der Waals surface area contributed by atoms with E-state index in [4.69, 9.17) is 35.5 Å². The first kappa shape index (κ1) is 52.3. The van der Waals surface area contributed by atoms with Gasteiger partial charge in [-0.2, -0.15) is 4.98 Å². The second-order valence-corrected chi connectivity index (χ2v) is 29.2. The number of nitro groups is 1. The van der Waals surface area contributed by atoms with E-state index in [-0.39, 0.29) is 28.9 Å². The van der Waals surface area contributed by atoms with E-state index in [1.54, 1.807) is 6.07 Å². The number of fused-ring (bicyclic) bond motifs is 2. The van der Waals surface area contributed by atoms with Gasteiger partial charge in [0, 0.05) is 102 Å². The number of hydrogen-bond donors (Lipinski definition) is 2. The molecular weight excluding hydrogens is 988 g/mol. The third kappa shape index (κ3) is 12.5. The largest absolute Gasteiger partial charge is 0.471 e. The van der Waals surface area contributed by atoms with Crippen LogP contribution in [0.2, 0.25) is 30.7 Å². The summed E-state index contributed by atoms with van der Waals surface area (Å²) in [5, 5.41) is 17.0. The quantitative estimate of drug-likeness (QED) is 0.0389. The number of rotatable bonds is 17. The van der Waals surface area contributed by atoms with Crippen molar-refractivity contribution >= 4 is 80.6 Å². The van der Waals surface area contributed by atoms with Gasteiger partial charge in [-0.1, -0.05) is 43.4 Å². The zero-order chi connectivity index (χ0) is 51.7. The summed E-state index contributed by atoms with van der Waals surface area (Å²) >= 11 is 6.28. The molecule has 5 aromatic rings. The van der Waals surface area contributed by atoms with Crippen LogP contribution in [-0.4, -0.2) is 126 Å². The van der Waals surface area contributed by atoms with Crippen molar-refractivity contribution in [2.75, 3.05) is 87.4 Å². The predicted octanol–water partition coefficient (Wildman–Crippen LogP) is 9.56. The highest BCUT2D eigenvalue weighted by Crippen LogP contribution is 2.43. The Morgan fingerprint density at radius 1 is 0.986 bits per heavy atom. The fourth-order valence-electron chi connectivity index (χ4n) is 9.88. The Balaban J connectivity index is 1.00. The maximum atomic E-state index is 14.6. The summed E-state index contributed by atoms with van der Waals surface area (Å²) in [5.74, 6) is -0.265. The fourth-order valence-corrected chi connectivity index (χ4v) is 11.7. The second kappa shape index (κ2) is 21.7.